The summed E-state index contributed by atoms with van der Waals surface area (Å²) in [5.41, 5.74) is 5.02. The lowest BCUT2D eigenvalue weighted by molar-refractivity contribution is 1.16. The van der Waals surface area contributed by atoms with Crippen molar-refractivity contribution in [1.82, 2.24) is 4.98 Å². The average molecular weight is 279 g/mol. The molecule has 3 rings (SSSR count). The zero-order valence-corrected chi connectivity index (χ0v) is 12.6. The highest BCUT2D eigenvalue weighted by Gasteiger charge is 2.03. The van der Waals surface area contributed by atoms with Gasteiger partial charge in [0.05, 0.1) is 10.5 Å². The van der Waals surface area contributed by atoms with E-state index in [1.54, 1.807) is 11.8 Å². The molecular formula is C18H17NS. The van der Waals surface area contributed by atoms with Crippen molar-refractivity contribution < 1.29 is 0 Å². The molecule has 0 bridgehead atoms. The molecule has 0 N–H and O–H groups in total. The van der Waals surface area contributed by atoms with Crippen molar-refractivity contribution in [3.8, 4) is 0 Å². The van der Waals surface area contributed by atoms with Crippen LogP contribution in [0.1, 0.15) is 16.7 Å². The molecule has 1 heterocycles. The molecule has 1 nitrogen and oxygen atoms in total. The van der Waals surface area contributed by atoms with E-state index in [0.29, 0.717) is 0 Å². The van der Waals surface area contributed by atoms with Gasteiger partial charge in [0, 0.05) is 11.1 Å². The van der Waals surface area contributed by atoms with Crippen LogP contribution < -0.4 is 0 Å². The van der Waals surface area contributed by atoms with Gasteiger partial charge in [0.2, 0.25) is 0 Å². The Morgan fingerprint density at radius 2 is 1.70 bits per heavy atom. The lowest BCUT2D eigenvalue weighted by Gasteiger charge is -2.06. The molecule has 2 heteroatoms. The summed E-state index contributed by atoms with van der Waals surface area (Å²) in [6, 6.07) is 19.2. The van der Waals surface area contributed by atoms with E-state index in [2.05, 4.69) is 62.4 Å². The van der Waals surface area contributed by atoms with E-state index in [0.717, 1.165) is 16.3 Å². The second-order valence-electron chi connectivity index (χ2n) is 5.07. The molecule has 0 saturated heterocycles. The Hall–Kier alpha value is -1.80. The molecule has 0 fully saturated rings. The predicted molar refractivity (Wildman–Crippen MR) is 87.2 cm³/mol. The van der Waals surface area contributed by atoms with E-state index in [4.69, 9.17) is 4.98 Å². The SMILES string of the molecule is Cc1ccc(CSc2cc(C)c3ccccc3n2)cc1. The Morgan fingerprint density at radius 1 is 0.950 bits per heavy atom. The Labute approximate surface area is 124 Å². The number of aryl methyl sites for hydroxylation is 2. The average Bonchev–Trinajstić information content (AvgIpc) is 2.47. The lowest BCUT2D eigenvalue weighted by Crippen LogP contribution is -1.88. The molecule has 0 aliphatic carbocycles. The van der Waals surface area contributed by atoms with Crippen molar-refractivity contribution in [3.05, 3.63) is 71.3 Å². The zero-order chi connectivity index (χ0) is 13.9. The quantitative estimate of drug-likeness (QED) is 0.615. The van der Waals surface area contributed by atoms with Crippen molar-refractivity contribution >= 4 is 22.7 Å². The minimum atomic E-state index is 0.963. The van der Waals surface area contributed by atoms with Crippen LogP contribution in [0.15, 0.2) is 59.6 Å². The molecule has 0 spiro atoms. The largest absolute Gasteiger partial charge is 0.241 e. The van der Waals surface area contributed by atoms with Gasteiger partial charge >= 0.3 is 0 Å². The third-order valence-electron chi connectivity index (χ3n) is 3.41. The third kappa shape index (κ3) is 2.86. The topological polar surface area (TPSA) is 12.9 Å². The summed E-state index contributed by atoms with van der Waals surface area (Å²) in [6.45, 7) is 4.27. The predicted octanol–water partition coefficient (Wildman–Crippen LogP) is 5.14. The van der Waals surface area contributed by atoms with Crippen LogP contribution in [0.25, 0.3) is 10.9 Å². The van der Waals surface area contributed by atoms with Crippen molar-refractivity contribution in [3.63, 3.8) is 0 Å². The molecular weight excluding hydrogens is 262 g/mol. The van der Waals surface area contributed by atoms with Gasteiger partial charge in [-0.1, -0.05) is 48.0 Å². The first-order valence-electron chi connectivity index (χ1n) is 6.77. The molecule has 0 unspecified atom stereocenters. The molecule has 0 radical (unpaired) electrons. The van der Waals surface area contributed by atoms with E-state index in [-0.39, 0.29) is 0 Å². The van der Waals surface area contributed by atoms with Gasteiger partial charge in [-0.2, -0.15) is 0 Å². The molecule has 0 aliphatic heterocycles. The highest BCUT2D eigenvalue weighted by atomic mass is 32.2. The highest BCUT2D eigenvalue weighted by Crippen LogP contribution is 2.26. The van der Waals surface area contributed by atoms with Crippen molar-refractivity contribution in [1.29, 1.82) is 0 Å². The van der Waals surface area contributed by atoms with Crippen LogP contribution in [0.3, 0.4) is 0 Å². The van der Waals surface area contributed by atoms with Gasteiger partial charge < -0.3 is 0 Å². The van der Waals surface area contributed by atoms with Crippen molar-refractivity contribution in [2.45, 2.75) is 24.6 Å². The zero-order valence-electron chi connectivity index (χ0n) is 11.8. The molecule has 20 heavy (non-hydrogen) atoms. The fourth-order valence-corrected chi connectivity index (χ4v) is 3.16. The number of hydrogen-bond acceptors (Lipinski definition) is 2. The number of hydrogen-bond donors (Lipinski definition) is 0. The van der Waals surface area contributed by atoms with Crippen LogP contribution >= 0.6 is 11.8 Å². The normalized spacial score (nSPS) is 10.9. The molecule has 100 valence electrons. The van der Waals surface area contributed by atoms with Gasteiger partial charge in [-0.05, 0) is 37.1 Å². The molecule has 0 atom stereocenters. The Kier molecular flexibility index (Phi) is 3.75. The summed E-state index contributed by atoms with van der Waals surface area (Å²) >= 11 is 1.80. The maximum atomic E-state index is 4.73. The van der Waals surface area contributed by atoms with Crippen LogP contribution in [-0.2, 0) is 5.75 Å². The van der Waals surface area contributed by atoms with Crippen molar-refractivity contribution in [2.75, 3.05) is 0 Å². The van der Waals surface area contributed by atoms with Gasteiger partial charge in [0.1, 0.15) is 0 Å². The van der Waals surface area contributed by atoms with E-state index >= 15 is 0 Å². The fourth-order valence-electron chi connectivity index (χ4n) is 2.23. The third-order valence-corrected chi connectivity index (χ3v) is 4.39. The number of aromatic nitrogens is 1. The van der Waals surface area contributed by atoms with Gasteiger partial charge in [-0.25, -0.2) is 4.98 Å². The first-order chi connectivity index (χ1) is 9.72. The Morgan fingerprint density at radius 3 is 2.50 bits per heavy atom. The lowest BCUT2D eigenvalue weighted by atomic mass is 10.1. The van der Waals surface area contributed by atoms with E-state index in [1.807, 2.05) is 6.07 Å². The first-order valence-corrected chi connectivity index (χ1v) is 7.76. The second kappa shape index (κ2) is 5.68. The number of para-hydroxylation sites is 1. The van der Waals surface area contributed by atoms with Crippen LogP contribution in [-0.4, -0.2) is 4.98 Å². The number of fused-ring (bicyclic) bond motifs is 1. The molecule has 2 aromatic carbocycles. The fraction of sp³-hybridized carbons (Fsp3) is 0.167. The second-order valence-corrected chi connectivity index (χ2v) is 6.06. The summed E-state index contributed by atoms with van der Waals surface area (Å²) in [7, 11) is 0. The maximum absolute atomic E-state index is 4.73. The molecule has 0 aliphatic rings. The van der Waals surface area contributed by atoms with Gasteiger partial charge in [-0.3, -0.25) is 0 Å². The number of pyridine rings is 1. The van der Waals surface area contributed by atoms with Crippen LogP contribution in [0, 0.1) is 13.8 Å². The number of benzene rings is 2. The minimum absolute atomic E-state index is 0.963. The maximum Gasteiger partial charge on any atom is 0.0973 e. The minimum Gasteiger partial charge on any atom is -0.241 e. The summed E-state index contributed by atoms with van der Waals surface area (Å²) in [5, 5.41) is 2.34. The number of rotatable bonds is 3. The van der Waals surface area contributed by atoms with Crippen LogP contribution in [0.4, 0.5) is 0 Å². The smallest absolute Gasteiger partial charge is 0.0973 e. The standard InChI is InChI=1S/C18H17NS/c1-13-7-9-15(10-8-13)12-20-18-11-14(2)16-5-3-4-6-17(16)19-18/h3-11H,12H2,1-2H3. The van der Waals surface area contributed by atoms with E-state index < -0.39 is 0 Å². The molecule has 0 saturated carbocycles. The van der Waals surface area contributed by atoms with Gasteiger partial charge in [-0.15, -0.1) is 11.8 Å². The van der Waals surface area contributed by atoms with Gasteiger partial charge in [0.25, 0.3) is 0 Å². The van der Waals surface area contributed by atoms with E-state index in [9.17, 15) is 0 Å². The van der Waals surface area contributed by atoms with Crippen molar-refractivity contribution in [2.24, 2.45) is 0 Å². The van der Waals surface area contributed by atoms with E-state index in [1.165, 1.54) is 22.1 Å². The number of thioether (sulfide) groups is 1. The summed E-state index contributed by atoms with van der Waals surface area (Å²) < 4.78 is 0. The monoisotopic (exact) mass is 279 g/mol. The summed E-state index contributed by atoms with van der Waals surface area (Å²) in [5.74, 6) is 0.963. The number of nitrogens with zero attached hydrogens (tertiary/aromatic N) is 1. The summed E-state index contributed by atoms with van der Waals surface area (Å²) in [6.07, 6.45) is 0. The van der Waals surface area contributed by atoms with Crippen LogP contribution in [0.5, 0.6) is 0 Å². The molecule has 3 aromatic rings. The highest BCUT2D eigenvalue weighted by molar-refractivity contribution is 7.98. The Balaban J connectivity index is 1.82. The molecule has 1 aromatic heterocycles. The van der Waals surface area contributed by atoms with Gasteiger partial charge in [0.15, 0.2) is 0 Å². The summed E-state index contributed by atoms with van der Waals surface area (Å²) in [4.78, 5) is 4.73. The Bertz CT molecular complexity index is 732. The first kappa shape index (κ1) is 13.2. The molecule has 0 amide bonds. The van der Waals surface area contributed by atoms with Crippen LogP contribution in [0.2, 0.25) is 0 Å².